The van der Waals surface area contributed by atoms with Crippen LogP contribution < -0.4 is 0 Å². The molecule has 0 fully saturated rings. The van der Waals surface area contributed by atoms with Crippen molar-refractivity contribution in [1.29, 1.82) is 5.26 Å². The lowest BCUT2D eigenvalue weighted by molar-refractivity contribution is 0.471. The summed E-state index contributed by atoms with van der Waals surface area (Å²) in [6.45, 7) is 3.70. The molecule has 6 nitrogen and oxygen atoms in total. The van der Waals surface area contributed by atoms with Crippen LogP contribution in [0.4, 0.5) is 0 Å². The first-order valence-electron chi connectivity index (χ1n) is 8.37. The van der Waals surface area contributed by atoms with Gasteiger partial charge in [0.05, 0.1) is 16.6 Å². The number of nitrogens with one attached hydrogen (secondary N) is 1. The monoisotopic (exact) mass is 356 g/mol. The summed E-state index contributed by atoms with van der Waals surface area (Å²) in [4.78, 5) is 4.60. The van der Waals surface area contributed by atoms with Crippen LogP contribution in [-0.4, -0.2) is 25.4 Å². The molecule has 3 N–H and O–H groups in total. The first-order valence-corrected chi connectivity index (χ1v) is 8.37. The molecule has 0 aliphatic carbocycles. The lowest BCUT2D eigenvalue weighted by atomic mass is 9.92. The Hall–Kier alpha value is -3.85. The third-order valence-electron chi connectivity index (χ3n) is 4.62. The SMILES string of the molecule is Cc1cc(-c2c(C#N)c(-c3ccc(O)cc3)nc3n[nH]c(C)c23)ccc1O. The van der Waals surface area contributed by atoms with Crippen LogP contribution >= 0.6 is 0 Å². The van der Waals surface area contributed by atoms with Crippen LogP contribution in [0.25, 0.3) is 33.4 Å². The van der Waals surface area contributed by atoms with Gasteiger partial charge in [0.15, 0.2) is 5.65 Å². The summed E-state index contributed by atoms with van der Waals surface area (Å²) in [7, 11) is 0. The molecule has 132 valence electrons. The van der Waals surface area contributed by atoms with Gasteiger partial charge >= 0.3 is 0 Å². The van der Waals surface area contributed by atoms with Crippen LogP contribution in [0.5, 0.6) is 11.5 Å². The zero-order valence-corrected chi connectivity index (χ0v) is 14.8. The van der Waals surface area contributed by atoms with Crippen molar-refractivity contribution < 1.29 is 10.2 Å². The quantitative estimate of drug-likeness (QED) is 0.499. The average molecular weight is 356 g/mol. The second kappa shape index (κ2) is 6.15. The Labute approximate surface area is 155 Å². The van der Waals surface area contributed by atoms with E-state index in [2.05, 4.69) is 21.3 Å². The fourth-order valence-corrected chi connectivity index (χ4v) is 3.24. The standard InChI is InChI=1S/C21H16N4O2/c1-11-9-14(5-8-17(11)27)19-16(10-22)20(13-3-6-15(26)7-4-13)23-21-18(19)12(2)24-25-21/h3-9,26-27H,1-2H3,(H,23,24,25). The summed E-state index contributed by atoms with van der Waals surface area (Å²) in [5.74, 6) is 0.341. The second-order valence-electron chi connectivity index (χ2n) is 6.42. The molecule has 0 radical (unpaired) electrons. The number of H-pyrrole nitrogens is 1. The van der Waals surface area contributed by atoms with E-state index in [9.17, 15) is 15.5 Å². The summed E-state index contributed by atoms with van der Waals surface area (Å²) < 4.78 is 0. The lowest BCUT2D eigenvalue weighted by Crippen LogP contribution is -1.96. The number of rotatable bonds is 2. The van der Waals surface area contributed by atoms with E-state index in [0.29, 0.717) is 28.0 Å². The molecule has 0 unspecified atom stereocenters. The third-order valence-corrected chi connectivity index (χ3v) is 4.62. The predicted octanol–water partition coefficient (Wildman–Crippen LogP) is 4.19. The minimum Gasteiger partial charge on any atom is -0.508 e. The summed E-state index contributed by atoms with van der Waals surface area (Å²) in [6, 6.07) is 14.1. The summed E-state index contributed by atoms with van der Waals surface area (Å²) in [6.07, 6.45) is 0. The van der Waals surface area contributed by atoms with E-state index < -0.39 is 0 Å². The first-order chi connectivity index (χ1) is 13.0. The molecular weight excluding hydrogens is 340 g/mol. The maximum atomic E-state index is 9.97. The number of benzene rings is 2. The number of aryl methyl sites for hydroxylation is 2. The van der Waals surface area contributed by atoms with E-state index in [4.69, 9.17) is 0 Å². The highest BCUT2D eigenvalue weighted by Gasteiger charge is 2.21. The number of nitrogens with zero attached hydrogens (tertiary/aromatic N) is 3. The lowest BCUT2D eigenvalue weighted by Gasteiger charge is -2.12. The Morgan fingerprint density at radius 1 is 1.00 bits per heavy atom. The van der Waals surface area contributed by atoms with Crippen LogP contribution in [0.1, 0.15) is 16.8 Å². The van der Waals surface area contributed by atoms with Gasteiger partial charge < -0.3 is 10.2 Å². The van der Waals surface area contributed by atoms with Crippen molar-refractivity contribution in [2.24, 2.45) is 0 Å². The minimum absolute atomic E-state index is 0.142. The van der Waals surface area contributed by atoms with Crippen molar-refractivity contribution in [3.05, 3.63) is 59.3 Å². The molecule has 0 saturated carbocycles. The van der Waals surface area contributed by atoms with E-state index in [1.54, 1.807) is 36.4 Å². The molecule has 0 spiro atoms. The number of fused-ring (bicyclic) bond motifs is 1. The number of phenols is 2. The zero-order chi connectivity index (χ0) is 19.1. The van der Waals surface area contributed by atoms with Gasteiger partial charge in [-0.15, -0.1) is 0 Å². The van der Waals surface area contributed by atoms with Gasteiger partial charge in [0.25, 0.3) is 0 Å². The van der Waals surface area contributed by atoms with E-state index in [1.165, 1.54) is 0 Å². The molecule has 0 saturated heterocycles. The Bertz CT molecular complexity index is 1220. The molecule has 0 atom stereocenters. The van der Waals surface area contributed by atoms with E-state index in [-0.39, 0.29) is 11.5 Å². The van der Waals surface area contributed by atoms with Crippen molar-refractivity contribution in [2.75, 3.05) is 0 Å². The topological polar surface area (TPSA) is 106 Å². The fourth-order valence-electron chi connectivity index (χ4n) is 3.24. The fraction of sp³-hybridized carbons (Fsp3) is 0.0952. The molecule has 0 amide bonds. The minimum atomic E-state index is 0.142. The van der Waals surface area contributed by atoms with Crippen LogP contribution in [-0.2, 0) is 0 Å². The highest BCUT2D eigenvalue weighted by Crippen LogP contribution is 2.38. The summed E-state index contributed by atoms with van der Waals surface area (Å²) in [5.41, 5.74) is 5.19. The molecule has 2 aromatic carbocycles. The normalized spacial score (nSPS) is 10.9. The maximum Gasteiger partial charge on any atom is 0.182 e. The molecule has 4 aromatic rings. The number of hydrogen-bond donors (Lipinski definition) is 3. The predicted molar refractivity (Wildman–Crippen MR) is 102 cm³/mol. The Morgan fingerprint density at radius 2 is 1.70 bits per heavy atom. The van der Waals surface area contributed by atoms with Gasteiger partial charge in [-0.3, -0.25) is 5.10 Å². The Balaban J connectivity index is 2.12. The van der Waals surface area contributed by atoms with Crippen molar-refractivity contribution in [3.8, 4) is 40.0 Å². The first kappa shape index (κ1) is 16.6. The van der Waals surface area contributed by atoms with Gasteiger partial charge in [-0.1, -0.05) is 6.07 Å². The molecular formula is C21H16N4O2. The van der Waals surface area contributed by atoms with Gasteiger partial charge in [0, 0.05) is 16.8 Å². The number of aromatic amines is 1. The number of phenolic OH excluding ortho intramolecular Hbond substituents is 2. The average Bonchev–Trinajstić information content (AvgIpc) is 3.04. The number of nitriles is 1. The Kier molecular flexibility index (Phi) is 3.78. The molecule has 2 aromatic heterocycles. The largest absolute Gasteiger partial charge is 0.508 e. The van der Waals surface area contributed by atoms with Crippen LogP contribution in [0.2, 0.25) is 0 Å². The molecule has 0 bridgehead atoms. The van der Waals surface area contributed by atoms with Crippen molar-refractivity contribution >= 4 is 11.0 Å². The maximum absolute atomic E-state index is 9.97. The van der Waals surface area contributed by atoms with E-state index in [0.717, 1.165) is 22.2 Å². The van der Waals surface area contributed by atoms with Crippen LogP contribution in [0.3, 0.4) is 0 Å². The van der Waals surface area contributed by atoms with E-state index >= 15 is 0 Å². The van der Waals surface area contributed by atoms with Gasteiger partial charge in [0.2, 0.25) is 0 Å². The molecule has 4 rings (SSSR count). The highest BCUT2D eigenvalue weighted by molar-refractivity contribution is 6.00. The second-order valence-corrected chi connectivity index (χ2v) is 6.42. The van der Waals surface area contributed by atoms with Crippen molar-refractivity contribution in [3.63, 3.8) is 0 Å². The molecule has 2 heterocycles. The zero-order valence-electron chi connectivity index (χ0n) is 14.8. The van der Waals surface area contributed by atoms with Gasteiger partial charge in [-0.2, -0.15) is 10.4 Å². The van der Waals surface area contributed by atoms with Crippen LogP contribution in [0, 0.1) is 25.2 Å². The third kappa shape index (κ3) is 2.66. The molecule has 0 aliphatic heterocycles. The van der Waals surface area contributed by atoms with E-state index in [1.807, 2.05) is 19.9 Å². The number of aromatic nitrogens is 3. The Morgan fingerprint density at radius 3 is 2.37 bits per heavy atom. The number of aromatic hydroxyl groups is 2. The number of pyridine rings is 1. The summed E-state index contributed by atoms with van der Waals surface area (Å²) in [5, 5.41) is 37.4. The smallest absolute Gasteiger partial charge is 0.182 e. The van der Waals surface area contributed by atoms with Crippen LogP contribution in [0.15, 0.2) is 42.5 Å². The molecule has 0 aliphatic rings. The van der Waals surface area contributed by atoms with Crippen molar-refractivity contribution in [1.82, 2.24) is 15.2 Å². The van der Waals surface area contributed by atoms with Gasteiger partial charge in [-0.25, -0.2) is 4.98 Å². The summed E-state index contributed by atoms with van der Waals surface area (Å²) >= 11 is 0. The molecule has 27 heavy (non-hydrogen) atoms. The van der Waals surface area contributed by atoms with Gasteiger partial charge in [-0.05, 0) is 61.4 Å². The van der Waals surface area contributed by atoms with Crippen molar-refractivity contribution in [2.45, 2.75) is 13.8 Å². The number of hydrogen-bond acceptors (Lipinski definition) is 5. The highest BCUT2D eigenvalue weighted by atomic mass is 16.3. The van der Waals surface area contributed by atoms with Gasteiger partial charge in [0.1, 0.15) is 17.6 Å². The molecule has 6 heteroatoms.